The van der Waals surface area contributed by atoms with E-state index in [2.05, 4.69) is 20.9 Å². The number of aromatic nitrogens is 1. The van der Waals surface area contributed by atoms with E-state index in [-0.39, 0.29) is 5.56 Å². The predicted octanol–water partition coefficient (Wildman–Crippen LogP) is 4.85. The zero-order valence-electron chi connectivity index (χ0n) is 10.8. The maximum absolute atomic E-state index is 11.3. The molecule has 1 heterocycles. The van der Waals surface area contributed by atoms with E-state index in [1.165, 1.54) is 18.0 Å². The molecule has 0 fully saturated rings. The molecule has 3 aromatic rings. The van der Waals surface area contributed by atoms with Gasteiger partial charge < -0.3 is 5.11 Å². The van der Waals surface area contributed by atoms with Crippen LogP contribution in [0.4, 0.5) is 0 Å². The van der Waals surface area contributed by atoms with Gasteiger partial charge in [-0.3, -0.25) is 0 Å². The summed E-state index contributed by atoms with van der Waals surface area (Å²) in [5.41, 5.74) is 0.224. The molecule has 3 nitrogen and oxygen atoms in total. The zero-order valence-corrected chi connectivity index (χ0v) is 13.2. The van der Waals surface area contributed by atoms with Crippen LogP contribution in [0.1, 0.15) is 10.4 Å². The Kier molecular flexibility index (Phi) is 3.94. The van der Waals surface area contributed by atoms with E-state index in [1.807, 2.05) is 48.5 Å². The second-order valence-corrected chi connectivity index (χ2v) is 6.25. The third kappa shape index (κ3) is 2.80. The minimum absolute atomic E-state index is 0.224. The number of fused-ring (bicyclic) bond motifs is 1. The SMILES string of the molecule is O=C(O)c1cnc(Sc2ccccc2Br)c2ccccc12. The number of halogens is 1. The van der Waals surface area contributed by atoms with Crippen LogP contribution in [0.2, 0.25) is 0 Å². The summed E-state index contributed by atoms with van der Waals surface area (Å²) in [6, 6.07) is 15.3. The lowest BCUT2D eigenvalue weighted by Gasteiger charge is -2.08. The van der Waals surface area contributed by atoms with Crippen molar-refractivity contribution in [1.29, 1.82) is 0 Å². The highest BCUT2D eigenvalue weighted by molar-refractivity contribution is 9.10. The fraction of sp³-hybridized carbons (Fsp3) is 0. The number of rotatable bonds is 3. The molecule has 0 radical (unpaired) electrons. The number of pyridine rings is 1. The van der Waals surface area contributed by atoms with Gasteiger partial charge in [-0.25, -0.2) is 9.78 Å². The van der Waals surface area contributed by atoms with Gasteiger partial charge in [0.2, 0.25) is 0 Å². The number of hydrogen-bond donors (Lipinski definition) is 1. The van der Waals surface area contributed by atoms with Crippen molar-refractivity contribution >= 4 is 44.4 Å². The monoisotopic (exact) mass is 359 g/mol. The van der Waals surface area contributed by atoms with Gasteiger partial charge in [-0.1, -0.05) is 48.2 Å². The lowest BCUT2D eigenvalue weighted by Crippen LogP contribution is -1.99. The van der Waals surface area contributed by atoms with Gasteiger partial charge in [0, 0.05) is 26.3 Å². The third-order valence-corrected chi connectivity index (χ3v) is 5.08. The van der Waals surface area contributed by atoms with Gasteiger partial charge in [0.15, 0.2) is 0 Å². The second kappa shape index (κ2) is 5.87. The predicted molar refractivity (Wildman–Crippen MR) is 87.0 cm³/mol. The molecule has 2 aromatic carbocycles. The molecule has 0 aliphatic rings. The van der Waals surface area contributed by atoms with Crippen LogP contribution >= 0.6 is 27.7 Å². The number of carboxylic acids is 1. The average molecular weight is 360 g/mol. The summed E-state index contributed by atoms with van der Waals surface area (Å²) in [6.45, 7) is 0. The van der Waals surface area contributed by atoms with E-state index in [4.69, 9.17) is 0 Å². The van der Waals surface area contributed by atoms with Gasteiger partial charge in [0.05, 0.1) is 5.56 Å². The Hall–Kier alpha value is -1.85. The maximum atomic E-state index is 11.3. The van der Waals surface area contributed by atoms with Crippen molar-refractivity contribution in [2.75, 3.05) is 0 Å². The highest BCUT2D eigenvalue weighted by Crippen LogP contribution is 2.36. The van der Waals surface area contributed by atoms with Crippen molar-refractivity contribution in [1.82, 2.24) is 4.98 Å². The Balaban J connectivity index is 2.14. The minimum Gasteiger partial charge on any atom is -0.478 e. The average Bonchev–Trinajstić information content (AvgIpc) is 2.49. The summed E-state index contributed by atoms with van der Waals surface area (Å²) in [4.78, 5) is 16.7. The number of benzene rings is 2. The molecular formula is C16H10BrNO2S. The Morgan fingerprint density at radius 1 is 1.05 bits per heavy atom. The van der Waals surface area contributed by atoms with E-state index >= 15 is 0 Å². The van der Waals surface area contributed by atoms with Crippen LogP contribution in [0.25, 0.3) is 10.8 Å². The summed E-state index contributed by atoms with van der Waals surface area (Å²) < 4.78 is 0.989. The molecule has 0 aliphatic heterocycles. The number of nitrogens with zero attached hydrogens (tertiary/aromatic N) is 1. The van der Waals surface area contributed by atoms with Crippen LogP contribution < -0.4 is 0 Å². The molecule has 1 aromatic heterocycles. The van der Waals surface area contributed by atoms with Crippen LogP contribution in [0.3, 0.4) is 0 Å². The van der Waals surface area contributed by atoms with E-state index in [1.54, 1.807) is 0 Å². The fourth-order valence-corrected chi connectivity index (χ4v) is 3.49. The molecule has 0 spiro atoms. The molecule has 0 saturated heterocycles. The normalized spacial score (nSPS) is 10.7. The summed E-state index contributed by atoms with van der Waals surface area (Å²) in [7, 11) is 0. The molecule has 0 unspecified atom stereocenters. The molecule has 0 saturated carbocycles. The zero-order chi connectivity index (χ0) is 14.8. The molecule has 104 valence electrons. The first kappa shape index (κ1) is 14.1. The third-order valence-electron chi connectivity index (χ3n) is 3.03. The quantitative estimate of drug-likeness (QED) is 0.726. The number of carbonyl (C=O) groups is 1. The molecule has 3 rings (SSSR count). The largest absolute Gasteiger partial charge is 0.478 e. The Morgan fingerprint density at radius 2 is 1.71 bits per heavy atom. The van der Waals surface area contributed by atoms with Crippen LogP contribution in [-0.2, 0) is 0 Å². The minimum atomic E-state index is -0.962. The summed E-state index contributed by atoms with van der Waals surface area (Å²) >= 11 is 5.03. The molecule has 5 heteroatoms. The topological polar surface area (TPSA) is 50.2 Å². The lowest BCUT2D eigenvalue weighted by atomic mass is 10.1. The van der Waals surface area contributed by atoms with Crippen molar-refractivity contribution < 1.29 is 9.90 Å². The molecular weight excluding hydrogens is 350 g/mol. The van der Waals surface area contributed by atoms with Gasteiger partial charge in [0.1, 0.15) is 5.03 Å². The van der Waals surface area contributed by atoms with Gasteiger partial charge in [-0.05, 0) is 28.1 Å². The van der Waals surface area contributed by atoms with Crippen LogP contribution in [0, 0.1) is 0 Å². The Bertz CT molecular complexity index is 835. The van der Waals surface area contributed by atoms with Crippen molar-refractivity contribution in [3.8, 4) is 0 Å². The van der Waals surface area contributed by atoms with E-state index in [0.717, 1.165) is 19.8 Å². The van der Waals surface area contributed by atoms with E-state index in [9.17, 15) is 9.90 Å². The molecule has 1 N–H and O–H groups in total. The van der Waals surface area contributed by atoms with Crippen molar-refractivity contribution in [3.63, 3.8) is 0 Å². The van der Waals surface area contributed by atoms with Crippen molar-refractivity contribution in [2.45, 2.75) is 9.92 Å². The van der Waals surface area contributed by atoms with Gasteiger partial charge in [0.25, 0.3) is 0 Å². The van der Waals surface area contributed by atoms with Crippen LogP contribution in [0.15, 0.2) is 69.1 Å². The second-order valence-electron chi connectivity index (χ2n) is 4.36. The first-order valence-electron chi connectivity index (χ1n) is 6.20. The highest BCUT2D eigenvalue weighted by Gasteiger charge is 2.13. The van der Waals surface area contributed by atoms with E-state index < -0.39 is 5.97 Å². The maximum Gasteiger partial charge on any atom is 0.337 e. The molecule has 0 aliphatic carbocycles. The van der Waals surface area contributed by atoms with Gasteiger partial charge >= 0.3 is 5.97 Å². The fourth-order valence-electron chi connectivity index (χ4n) is 2.05. The smallest absolute Gasteiger partial charge is 0.337 e. The number of aromatic carboxylic acids is 1. The summed E-state index contributed by atoms with van der Waals surface area (Å²) in [6.07, 6.45) is 1.42. The molecule has 0 amide bonds. The van der Waals surface area contributed by atoms with Gasteiger partial charge in [-0.15, -0.1) is 0 Å². The highest BCUT2D eigenvalue weighted by atomic mass is 79.9. The first-order valence-corrected chi connectivity index (χ1v) is 7.81. The van der Waals surface area contributed by atoms with Gasteiger partial charge in [-0.2, -0.15) is 0 Å². The summed E-state index contributed by atoms with van der Waals surface area (Å²) in [5.74, 6) is -0.962. The Labute approximate surface area is 134 Å². The van der Waals surface area contributed by atoms with Crippen molar-refractivity contribution in [2.24, 2.45) is 0 Å². The van der Waals surface area contributed by atoms with Crippen molar-refractivity contribution in [3.05, 3.63) is 64.8 Å². The lowest BCUT2D eigenvalue weighted by molar-refractivity contribution is 0.0698. The number of hydrogen-bond acceptors (Lipinski definition) is 3. The summed E-state index contributed by atoms with van der Waals surface area (Å²) in [5, 5.41) is 11.6. The molecule has 0 bridgehead atoms. The number of carboxylic acid groups (broad SMARTS) is 1. The van der Waals surface area contributed by atoms with E-state index in [0.29, 0.717) is 5.39 Å². The van der Waals surface area contributed by atoms with Crippen LogP contribution in [-0.4, -0.2) is 16.1 Å². The Morgan fingerprint density at radius 3 is 2.43 bits per heavy atom. The molecule has 21 heavy (non-hydrogen) atoms. The molecule has 0 atom stereocenters. The van der Waals surface area contributed by atoms with Crippen LogP contribution in [0.5, 0.6) is 0 Å². The first-order chi connectivity index (χ1) is 10.2. The standard InChI is InChI=1S/C16H10BrNO2S/c17-13-7-3-4-8-14(13)21-15-11-6-2-1-5-10(11)12(9-18-15)16(19)20/h1-9H,(H,19,20).